The van der Waals surface area contributed by atoms with Crippen LogP contribution in [-0.2, 0) is 0 Å². The maximum Gasteiger partial charge on any atom is 0.336 e. The van der Waals surface area contributed by atoms with E-state index >= 15 is 0 Å². The molecular weight excluding hydrogens is 273 g/mol. The minimum atomic E-state index is -0.171. The molecule has 1 heterocycles. The molecule has 0 aliphatic carbocycles. The lowest BCUT2D eigenvalue weighted by Crippen LogP contribution is -2.44. The van der Waals surface area contributed by atoms with Crippen molar-refractivity contribution in [1.82, 2.24) is 10.4 Å². The second kappa shape index (κ2) is 6.27. The van der Waals surface area contributed by atoms with E-state index < -0.39 is 0 Å². The third-order valence-electron chi connectivity index (χ3n) is 2.78. The number of hydrogen-bond acceptors (Lipinski definition) is 2. The van der Waals surface area contributed by atoms with E-state index in [1.54, 1.807) is 23.2 Å². The highest BCUT2D eigenvalue weighted by Gasteiger charge is 2.15. The molecule has 98 valence electrons. The predicted octanol–water partition coefficient (Wildman–Crippen LogP) is 3.52. The van der Waals surface area contributed by atoms with Crippen molar-refractivity contribution in [3.8, 4) is 0 Å². The van der Waals surface area contributed by atoms with Crippen LogP contribution in [0.1, 0.15) is 19.3 Å². The van der Waals surface area contributed by atoms with Gasteiger partial charge >= 0.3 is 6.03 Å². The number of halogens is 2. The zero-order chi connectivity index (χ0) is 13.0. The van der Waals surface area contributed by atoms with Gasteiger partial charge in [-0.05, 0) is 31.0 Å². The van der Waals surface area contributed by atoms with E-state index in [1.165, 1.54) is 0 Å². The first kappa shape index (κ1) is 13.5. The summed E-state index contributed by atoms with van der Waals surface area (Å²) in [7, 11) is 0. The van der Waals surface area contributed by atoms with Gasteiger partial charge in [0.05, 0.1) is 10.0 Å². The number of urea groups is 1. The molecular formula is C12H15Cl2N3O. The second-order valence-electron chi connectivity index (χ2n) is 4.18. The van der Waals surface area contributed by atoms with Crippen molar-refractivity contribution in [3.63, 3.8) is 0 Å². The molecule has 2 N–H and O–H groups in total. The summed E-state index contributed by atoms with van der Waals surface area (Å²) >= 11 is 11.7. The Morgan fingerprint density at radius 2 is 2.06 bits per heavy atom. The smallest absolute Gasteiger partial charge is 0.307 e. The number of nitrogens with zero attached hydrogens (tertiary/aromatic N) is 1. The molecule has 0 atom stereocenters. The van der Waals surface area contributed by atoms with E-state index in [4.69, 9.17) is 23.2 Å². The Bertz CT molecular complexity index is 431. The lowest BCUT2D eigenvalue weighted by molar-refractivity contribution is 0.189. The lowest BCUT2D eigenvalue weighted by Gasteiger charge is -2.21. The zero-order valence-corrected chi connectivity index (χ0v) is 11.4. The van der Waals surface area contributed by atoms with Crippen LogP contribution in [0.4, 0.5) is 10.5 Å². The van der Waals surface area contributed by atoms with Crippen LogP contribution < -0.4 is 10.7 Å². The Kier molecular flexibility index (Phi) is 4.69. The Labute approximate surface area is 116 Å². The van der Waals surface area contributed by atoms with Gasteiger partial charge in [-0.1, -0.05) is 29.6 Å². The Morgan fingerprint density at radius 1 is 1.22 bits per heavy atom. The van der Waals surface area contributed by atoms with Gasteiger partial charge in [0.15, 0.2) is 0 Å². The average Bonchev–Trinajstić information content (AvgIpc) is 2.62. The van der Waals surface area contributed by atoms with Gasteiger partial charge in [0.1, 0.15) is 0 Å². The second-order valence-corrected chi connectivity index (χ2v) is 4.99. The van der Waals surface area contributed by atoms with E-state index in [1.807, 2.05) is 0 Å². The normalized spacial score (nSPS) is 16.2. The molecule has 0 radical (unpaired) electrons. The average molecular weight is 288 g/mol. The van der Waals surface area contributed by atoms with Crippen LogP contribution in [0.25, 0.3) is 0 Å². The summed E-state index contributed by atoms with van der Waals surface area (Å²) in [4.78, 5) is 12.0. The van der Waals surface area contributed by atoms with Gasteiger partial charge in [-0.25, -0.2) is 10.2 Å². The molecule has 4 nitrogen and oxygen atoms in total. The van der Waals surface area contributed by atoms with Crippen LogP contribution >= 0.6 is 23.2 Å². The largest absolute Gasteiger partial charge is 0.336 e. The molecule has 0 saturated carbocycles. The van der Waals surface area contributed by atoms with Gasteiger partial charge in [0.2, 0.25) is 0 Å². The molecule has 2 rings (SSSR count). The number of amides is 2. The molecule has 1 fully saturated rings. The number of carbonyl (C=O) groups is 1. The number of hydrogen-bond donors (Lipinski definition) is 2. The minimum absolute atomic E-state index is 0.171. The highest BCUT2D eigenvalue weighted by molar-refractivity contribution is 6.42. The van der Waals surface area contributed by atoms with Crippen LogP contribution in [0.15, 0.2) is 18.2 Å². The quantitative estimate of drug-likeness (QED) is 0.830. The van der Waals surface area contributed by atoms with Gasteiger partial charge in [0, 0.05) is 18.8 Å². The van der Waals surface area contributed by atoms with Crippen molar-refractivity contribution in [2.45, 2.75) is 19.3 Å². The molecule has 0 aromatic heterocycles. The summed E-state index contributed by atoms with van der Waals surface area (Å²) in [6, 6.07) is 4.86. The highest BCUT2D eigenvalue weighted by atomic mass is 35.5. The fourth-order valence-corrected chi connectivity index (χ4v) is 2.10. The van der Waals surface area contributed by atoms with Crippen molar-refractivity contribution in [3.05, 3.63) is 28.2 Å². The lowest BCUT2D eigenvalue weighted by atomic mass is 10.2. The fourth-order valence-electron chi connectivity index (χ4n) is 1.80. The van der Waals surface area contributed by atoms with Gasteiger partial charge < -0.3 is 5.32 Å². The summed E-state index contributed by atoms with van der Waals surface area (Å²) in [5.41, 5.74) is 3.73. The maximum atomic E-state index is 12.0. The topological polar surface area (TPSA) is 44.4 Å². The molecule has 1 aliphatic heterocycles. The van der Waals surface area contributed by atoms with Crippen LogP contribution in [0.2, 0.25) is 10.0 Å². The van der Waals surface area contributed by atoms with E-state index in [2.05, 4.69) is 10.7 Å². The first-order valence-electron chi connectivity index (χ1n) is 5.94. The summed E-state index contributed by atoms with van der Waals surface area (Å²) in [6.45, 7) is 1.54. The van der Waals surface area contributed by atoms with Crippen LogP contribution in [0.3, 0.4) is 0 Å². The number of carbonyl (C=O) groups excluding carboxylic acids is 1. The Hall–Kier alpha value is -0.970. The van der Waals surface area contributed by atoms with Crippen LogP contribution in [0.5, 0.6) is 0 Å². The summed E-state index contributed by atoms with van der Waals surface area (Å²) in [6.07, 6.45) is 3.25. The Balaban J connectivity index is 1.99. The minimum Gasteiger partial charge on any atom is -0.307 e. The zero-order valence-electron chi connectivity index (χ0n) is 9.88. The molecule has 6 heteroatoms. The van der Waals surface area contributed by atoms with Gasteiger partial charge in [-0.15, -0.1) is 0 Å². The molecule has 2 amide bonds. The maximum absolute atomic E-state index is 12.0. The predicted molar refractivity (Wildman–Crippen MR) is 74.0 cm³/mol. The van der Waals surface area contributed by atoms with Crippen molar-refractivity contribution >= 4 is 34.9 Å². The number of benzene rings is 1. The Morgan fingerprint density at radius 3 is 2.83 bits per heavy atom. The molecule has 0 bridgehead atoms. The van der Waals surface area contributed by atoms with E-state index in [0.29, 0.717) is 22.3 Å². The summed E-state index contributed by atoms with van der Waals surface area (Å²) < 4.78 is 0. The third kappa shape index (κ3) is 3.51. The standard InChI is InChI=1S/C12H15Cl2N3O/c13-10-5-4-9(8-11(10)14)16-12(18)17-7-3-1-2-6-15-17/h4-5,8,15H,1-3,6-7H2,(H,16,18). The molecule has 1 aromatic carbocycles. The monoisotopic (exact) mass is 287 g/mol. The number of anilines is 1. The third-order valence-corrected chi connectivity index (χ3v) is 3.52. The van der Waals surface area contributed by atoms with Crippen LogP contribution in [0, 0.1) is 0 Å². The molecule has 1 aliphatic rings. The summed E-state index contributed by atoms with van der Waals surface area (Å²) in [5.74, 6) is 0. The molecule has 18 heavy (non-hydrogen) atoms. The fraction of sp³-hybridized carbons (Fsp3) is 0.417. The highest BCUT2D eigenvalue weighted by Crippen LogP contribution is 2.25. The molecule has 0 spiro atoms. The molecule has 1 aromatic rings. The first-order valence-corrected chi connectivity index (χ1v) is 6.69. The van der Waals surface area contributed by atoms with Crippen molar-refractivity contribution in [1.29, 1.82) is 0 Å². The van der Waals surface area contributed by atoms with Crippen molar-refractivity contribution in [2.75, 3.05) is 18.4 Å². The summed E-state index contributed by atoms with van der Waals surface area (Å²) in [5, 5.41) is 5.30. The van der Waals surface area contributed by atoms with E-state index in [-0.39, 0.29) is 6.03 Å². The first-order chi connectivity index (χ1) is 8.66. The van der Waals surface area contributed by atoms with Gasteiger partial charge in [0.25, 0.3) is 0 Å². The van der Waals surface area contributed by atoms with Crippen LogP contribution in [-0.4, -0.2) is 24.1 Å². The van der Waals surface area contributed by atoms with E-state index in [0.717, 1.165) is 25.8 Å². The number of hydrazine groups is 1. The van der Waals surface area contributed by atoms with Crippen molar-refractivity contribution in [2.24, 2.45) is 0 Å². The number of rotatable bonds is 1. The molecule has 0 unspecified atom stereocenters. The van der Waals surface area contributed by atoms with Gasteiger partial charge in [-0.3, -0.25) is 5.01 Å². The SMILES string of the molecule is O=C(Nc1ccc(Cl)c(Cl)c1)N1CCCCCN1. The van der Waals surface area contributed by atoms with Gasteiger partial charge in [-0.2, -0.15) is 0 Å². The van der Waals surface area contributed by atoms with Crippen molar-refractivity contribution < 1.29 is 4.79 Å². The number of nitrogens with one attached hydrogen (secondary N) is 2. The molecule has 1 saturated heterocycles. The van der Waals surface area contributed by atoms with E-state index in [9.17, 15) is 4.79 Å².